The number of hydrogen-bond acceptors (Lipinski definition) is 5. The summed E-state index contributed by atoms with van der Waals surface area (Å²) in [7, 11) is 0. The third-order valence-corrected chi connectivity index (χ3v) is 3.77. The van der Waals surface area contributed by atoms with Crippen LogP contribution in [0, 0.1) is 11.8 Å². The molecule has 10 heteroatoms. The zero-order chi connectivity index (χ0) is 18.8. The van der Waals surface area contributed by atoms with Crippen molar-refractivity contribution in [1.82, 2.24) is 10.7 Å². The molecule has 0 bridgehead atoms. The van der Waals surface area contributed by atoms with Crippen LogP contribution in [0.1, 0.15) is 22.8 Å². The fraction of sp³-hybridized carbons (Fsp3) is 0.400. The van der Waals surface area contributed by atoms with Crippen molar-refractivity contribution in [3.05, 3.63) is 35.4 Å². The summed E-state index contributed by atoms with van der Waals surface area (Å²) in [6, 6.07) is 2.92. The van der Waals surface area contributed by atoms with E-state index in [4.69, 9.17) is 10.6 Å². The number of carbonyl (C=O) groups excluding carboxylic acids is 3. The summed E-state index contributed by atoms with van der Waals surface area (Å²) in [5.41, 5.74) is 0.662. The zero-order valence-corrected chi connectivity index (χ0v) is 13.1. The topological polar surface area (TPSA) is 111 Å². The summed E-state index contributed by atoms with van der Waals surface area (Å²) >= 11 is 0. The third kappa shape index (κ3) is 4.08. The molecule has 136 valence electrons. The molecule has 0 aliphatic heterocycles. The van der Waals surface area contributed by atoms with Crippen LogP contribution < -0.4 is 16.6 Å². The average Bonchev–Trinajstić information content (AvgIpc) is 3.27. The lowest BCUT2D eigenvalue weighted by Gasteiger charge is -2.09. The number of esters is 1. The van der Waals surface area contributed by atoms with E-state index < -0.39 is 47.4 Å². The van der Waals surface area contributed by atoms with Crippen LogP contribution in [0.5, 0.6) is 0 Å². The number of nitrogens with one attached hydrogen (secondary N) is 2. The molecule has 2 amide bonds. The van der Waals surface area contributed by atoms with Gasteiger partial charge < -0.3 is 10.1 Å². The number of halogens is 3. The van der Waals surface area contributed by atoms with Gasteiger partial charge in [-0.05, 0) is 25.1 Å². The molecule has 0 spiro atoms. The van der Waals surface area contributed by atoms with Crippen LogP contribution in [0.2, 0.25) is 0 Å². The number of carbonyl (C=O) groups is 3. The molecule has 1 aromatic carbocycles. The van der Waals surface area contributed by atoms with Gasteiger partial charge in [0, 0.05) is 5.56 Å². The molecular formula is C15H16F3N3O4. The van der Waals surface area contributed by atoms with E-state index in [1.165, 1.54) is 6.07 Å². The largest absolute Gasteiger partial charge is 0.466 e. The molecule has 0 aromatic heterocycles. The minimum Gasteiger partial charge on any atom is -0.466 e. The molecular weight excluding hydrogens is 343 g/mol. The summed E-state index contributed by atoms with van der Waals surface area (Å²) in [5, 5.41) is 2.38. The molecule has 3 atom stereocenters. The Labute approximate surface area is 140 Å². The first kappa shape index (κ1) is 18.7. The van der Waals surface area contributed by atoms with Crippen LogP contribution in [-0.2, 0) is 20.5 Å². The zero-order valence-electron chi connectivity index (χ0n) is 13.1. The fourth-order valence-electron chi connectivity index (χ4n) is 2.52. The van der Waals surface area contributed by atoms with E-state index in [-0.39, 0.29) is 12.2 Å². The van der Waals surface area contributed by atoms with E-state index in [0.717, 1.165) is 12.1 Å². The Morgan fingerprint density at radius 2 is 1.92 bits per heavy atom. The minimum absolute atomic E-state index is 0.0839. The van der Waals surface area contributed by atoms with E-state index in [1.54, 1.807) is 6.92 Å². The number of rotatable bonds is 5. The molecule has 0 radical (unpaired) electrons. The van der Waals surface area contributed by atoms with Gasteiger partial charge in [-0.1, -0.05) is 6.07 Å². The first-order valence-electron chi connectivity index (χ1n) is 7.36. The van der Waals surface area contributed by atoms with Crippen molar-refractivity contribution in [2.24, 2.45) is 17.7 Å². The van der Waals surface area contributed by atoms with E-state index in [0.29, 0.717) is 6.07 Å². The highest BCUT2D eigenvalue weighted by Crippen LogP contribution is 2.40. The Hall–Kier alpha value is -2.62. The maximum atomic E-state index is 12.7. The van der Waals surface area contributed by atoms with Crippen molar-refractivity contribution in [2.45, 2.75) is 19.1 Å². The number of nitrogens with two attached hydrogens (primary N) is 1. The van der Waals surface area contributed by atoms with Crippen LogP contribution >= 0.6 is 0 Å². The fourth-order valence-corrected chi connectivity index (χ4v) is 2.52. The van der Waals surface area contributed by atoms with Crippen LogP contribution in [0.15, 0.2) is 24.3 Å². The predicted molar refractivity (Wildman–Crippen MR) is 78.6 cm³/mol. The first-order valence-corrected chi connectivity index (χ1v) is 7.36. The van der Waals surface area contributed by atoms with Crippen molar-refractivity contribution in [3.8, 4) is 0 Å². The van der Waals surface area contributed by atoms with Gasteiger partial charge in [-0.3, -0.25) is 19.8 Å². The lowest BCUT2D eigenvalue weighted by atomic mass is 10.1. The van der Waals surface area contributed by atoms with Gasteiger partial charge in [-0.15, -0.1) is 0 Å². The maximum Gasteiger partial charge on any atom is 0.416 e. The highest BCUT2D eigenvalue weighted by atomic mass is 19.4. The Balaban J connectivity index is 2.13. The number of ether oxygens (including phenoxy) is 1. The Morgan fingerprint density at radius 3 is 2.48 bits per heavy atom. The highest BCUT2D eigenvalue weighted by molar-refractivity contribution is 5.98. The maximum absolute atomic E-state index is 12.7. The number of amides is 2. The minimum atomic E-state index is -4.59. The summed E-state index contributed by atoms with van der Waals surface area (Å²) < 4.78 is 43.0. The molecule has 0 heterocycles. The molecule has 1 aliphatic rings. The van der Waals surface area contributed by atoms with Gasteiger partial charge in [0.25, 0.3) is 5.91 Å². The molecule has 1 saturated carbocycles. The van der Waals surface area contributed by atoms with Crippen LogP contribution in [0.25, 0.3) is 0 Å². The molecule has 25 heavy (non-hydrogen) atoms. The molecule has 2 rings (SSSR count). The Bertz CT molecular complexity index is 693. The number of alkyl halides is 3. The first-order chi connectivity index (χ1) is 11.7. The molecule has 0 saturated heterocycles. The van der Waals surface area contributed by atoms with Crippen molar-refractivity contribution in [3.63, 3.8) is 0 Å². The van der Waals surface area contributed by atoms with Crippen LogP contribution in [0.3, 0.4) is 0 Å². The number of benzene rings is 1. The van der Waals surface area contributed by atoms with Gasteiger partial charge >= 0.3 is 12.1 Å². The summed E-state index contributed by atoms with van der Waals surface area (Å²) in [4.78, 5) is 35.6. The van der Waals surface area contributed by atoms with Gasteiger partial charge in [0.1, 0.15) is 0 Å². The molecule has 7 nitrogen and oxygen atoms in total. The van der Waals surface area contributed by atoms with E-state index in [2.05, 4.69) is 5.32 Å². The van der Waals surface area contributed by atoms with E-state index in [1.807, 2.05) is 5.43 Å². The average molecular weight is 359 g/mol. The lowest BCUT2D eigenvalue weighted by molar-refractivity contribution is -0.146. The van der Waals surface area contributed by atoms with Crippen molar-refractivity contribution in [2.75, 3.05) is 6.61 Å². The second kappa shape index (κ2) is 7.09. The van der Waals surface area contributed by atoms with E-state index in [9.17, 15) is 27.6 Å². The standard InChI is InChI=1S/C15H16F3N3O4/c1-2-25-14(24)10-9(13(23)21-19)11(10)20-12(22)7-4-3-5-8(6-7)15(16,17)18/h3-6,9-11H,2,19H2,1H3,(H,20,22)(H,21,23)/t9-,10-,11+/m1/s1. The molecule has 1 aromatic rings. The molecule has 1 fully saturated rings. The monoisotopic (exact) mass is 359 g/mol. The molecule has 1 aliphatic carbocycles. The normalized spacial score (nSPS) is 22.0. The summed E-state index contributed by atoms with van der Waals surface area (Å²) in [5.74, 6) is 0.969. The molecule has 0 unspecified atom stereocenters. The van der Waals surface area contributed by atoms with E-state index >= 15 is 0 Å². The molecule has 4 N–H and O–H groups in total. The lowest BCUT2D eigenvalue weighted by Crippen LogP contribution is -2.35. The van der Waals surface area contributed by atoms with Crippen molar-refractivity contribution >= 4 is 17.8 Å². The van der Waals surface area contributed by atoms with Gasteiger partial charge in [-0.2, -0.15) is 13.2 Å². The highest BCUT2D eigenvalue weighted by Gasteiger charge is 2.60. The van der Waals surface area contributed by atoms with Gasteiger partial charge in [0.15, 0.2) is 0 Å². The summed E-state index contributed by atoms with van der Waals surface area (Å²) in [6.45, 7) is 1.66. The van der Waals surface area contributed by atoms with Crippen LogP contribution in [0.4, 0.5) is 13.2 Å². The SMILES string of the molecule is CCOC(=O)[C@H]1[C@@H](NC(=O)c2cccc(C(F)(F)F)c2)[C@@H]1C(=O)NN. The Morgan fingerprint density at radius 1 is 1.24 bits per heavy atom. The van der Waals surface area contributed by atoms with Gasteiger partial charge in [-0.25, -0.2) is 5.84 Å². The predicted octanol–water partition coefficient (Wildman–Crippen LogP) is 0.603. The Kier molecular flexibility index (Phi) is 5.31. The summed E-state index contributed by atoms with van der Waals surface area (Å²) in [6.07, 6.45) is -4.59. The number of hydrazine groups is 1. The number of hydrogen-bond donors (Lipinski definition) is 3. The second-order valence-corrected chi connectivity index (χ2v) is 5.39. The van der Waals surface area contributed by atoms with Crippen LogP contribution in [-0.4, -0.2) is 30.4 Å². The van der Waals surface area contributed by atoms with Crippen molar-refractivity contribution in [1.29, 1.82) is 0 Å². The smallest absolute Gasteiger partial charge is 0.416 e. The van der Waals surface area contributed by atoms with Gasteiger partial charge in [0.2, 0.25) is 5.91 Å². The van der Waals surface area contributed by atoms with Crippen molar-refractivity contribution < 1.29 is 32.3 Å². The second-order valence-electron chi connectivity index (χ2n) is 5.39. The third-order valence-electron chi connectivity index (χ3n) is 3.77. The quantitative estimate of drug-likeness (QED) is 0.309. The van der Waals surface area contributed by atoms with Gasteiger partial charge in [0.05, 0.1) is 30.0 Å².